The van der Waals surface area contributed by atoms with Crippen LogP contribution in [0.15, 0.2) is 15.9 Å². The van der Waals surface area contributed by atoms with Crippen LogP contribution in [-0.4, -0.2) is 28.4 Å². The number of amides is 1. The van der Waals surface area contributed by atoms with E-state index < -0.39 is 5.91 Å². The van der Waals surface area contributed by atoms with E-state index in [1.165, 1.54) is 4.57 Å². The molecule has 1 heterocycles. The van der Waals surface area contributed by atoms with Crippen LogP contribution >= 0.6 is 11.6 Å². The number of primary amides is 1. The van der Waals surface area contributed by atoms with Gasteiger partial charge in [-0.25, -0.2) is 4.79 Å². The SMILES string of the molecule is C/N=c1\cc(CC(N)=O)[nH]c(=O)n1CCCl. The van der Waals surface area contributed by atoms with Gasteiger partial charge in [0.2, 0.25) is 5.91 Å². The number of hydrogen-bond donors (Lipinski definition) is 2. The van der Waals surface area contributed by atoms with Crippen LogP contribution in [0.25, 0.3) is 0 Å². The first-order chi connectivity index (χ1) is 7.58. The first kappa shape index (κ1) is 12.5. The summed E-state index contributed by atoms with van der Waals surface area (Å²) in [4.78, 5) is 28.9. The zero-order chi connectivity index (χ0) is 12.1. The van der Waals surface area contributed by atoms with E-state index in [9.17, 15) is 9.59 Å². The number of nitrogens with two attached hydrogens (primary N) is 1. The number of hydrogen-bond acceptors (Lipinski definition) is 3. The molecule has 1 aromatic rings. The Morgan fingerprint density at radius 1 is 1.69 bits per heavy atom. The molecule has 0 saturated carbocycles. The summed E-state index contributed by atoms with van der Waals surface area (Å²) < 4.78 is 1.40. The van der Waals surface area contributed by atoms with E-state index >= 15 is 0 Å². The fourth-order valence-corrected chi connectivity index (χ4v) is 1.52. The fraction of sp³-hybridized carbons (Fsp3) is 0.444. The molecular weight excluding hydrogens is 232 g/mol. The van der Waals surface area contributed by atoms with Crippen molar-refractivity contribution in [2.75, 3.05) is 12.9 Å². The van der Waals surface area contributed by atoms with Gasteiger partial charge in [0.25, 0.3) is 0 Å². The van der Waals surface area contributed by atoms with Gasteiger partial charge in [-0.15, -0.1) is 11.6 Å². The van der Waals surface area contributed by atoms with Gasteiger partial charge >= 0.3 is 5.69 Å². The first-order valence-corrected chi connectivity index (χ1v) is 5.22. The normalized spacial score (nSPS) is 11.8. The van der Waals surface area contributed by atoms with Crippen molar-refractivity contribution in [2.24, 2.45) is 10.7 Å². The monoisotopic (exact) mass is 244 g/mol. The quantitative estimate of drug-likeness (QED) is 0.663. The van der Waals surface area contributed by atoms with Gasteiger partial charge in [0.1, 0.15) is 5.49 Å². The molecule has 0 atom stereocenters. The van der Waals surface area contributed by atoms with E-state index in [1.54, 1.807) is 13.1 Å². The second kappa shape index (κ2) is 5.50. The minimum atomic E-state index is -0.507. The summed E-state index contributed by atoms with van der Waals surface area (Å²) in [6.07, 6.45) is -0.0144. The molecule has 1 aromatic heterocycles. The number of carbonyl (C=O) groups excluding carboxylic acids is 1. The van der Waals surface area contributed by atoms with Gasteiger partial charge in [0.05, 0.1) is 6.42 Å². The van der Waals surface area contributed by atoms with Crippen molar-refractivity contribution in [3.63, 3.8) is 0 Å². The lowest BCUT2D eigenvalue weighted by Gasteiger charge is -2.05. The maximum Gasteiger partial charge on any atom is 0.327 e. The van der Waals surface area contributed by atoms with Crippen LogP contribution < -0.4 is 16.9 Å². The zero-order valence-electron chi connectivity index (χ0n) is 8.86. The van der Waals surface area contributed by atoms with Crippen LogP contribution in [0.3, 0.4) is 0 Å². The summed E-state index contributed by atoms with van der Waals surface area (Å²) in [5.41, 5.74) is 5.62. The van der Waals surface area contributed by atoms with Crippen molar-refractivity contribution in [3.05, 3.63) is 27.7 Å². The van der Waals surface area contributed by atoms with Crippen molar-refractivity contribution in [1.29, 1.82) is 0 Å². The van der Waals surface area contributed by atoms with E-state index in [0.29, 0.717) is 23.6 Å². The number of nitrogens with zero attached hydrogens (tertiary/aromatic N) is 2. The molecule has 16 heavy (non-hydrogen) atoms. The largest absolute Gasteiger partial charge is 0.369 e. The Labute approximate surface area is 96.8 Å². The van der Waals surface area contributed by atoms with Crippen LogP contribution in [0.5, 0.6) is 0 Å². The van der Waals surface area contributed by atoms with Gasteiger partial charge in [0, 0.05) is 31.2 Å². The average Bonchev–Trinajstić information content (AvgIpc) is 2.20. The summed E-state index contributed by atoms with van der Waals surface area (Å²) in [5, 5.41) is 0. The topological polar surface area (TPSA) is 93.2 Å². The highest BCUT2D eigenvalue weighted by atomic mass is 35.5. The molecule has 0 aliphatic carbocycles. The van der Waals surface area contributed by atoms with E-state index in [1.807, 2.05) is 0 Å². The summed E-state index contributed by atoms with van der Waals surface area (Å²) in [7, 11) is 1.56. The number of halogens is 1. The molecule has 0 bridgehead atoms. The van der Waals surface area contributed by atoms with E-state index in [2.05, 4.69) is 9.98 Å². The van der Waals surface area contributed by atoms with Crippen LogP contribution in [0, 0.1) is 0 Å². The van der Waals surface area contributed by atoms with Crippen molar-refractivity contribution in [1.82, 2.24) is 9.55 Å². The van der Waals surface area contributed by atoms with Gasteiger partial charge in [-0.1, -0.05) is 0 Å². The molecule has 0 aliphatic heterocycles. The highest BCUT2D eigenvalue weighted by Gasteiger charge is 2.04. The Hall–Kier alpha value is -1.56. The van der Waals surface area contributed by atoms with Crippen LogP contribution in [0.2, 0.25) is 0 Å². The third kappa shape index (κ3) is 2.96. The minimum Gasteiger partial charge on any atom is -0.369 e. The molecule has 88 valence electrons. The maximum atomic E-state index is 11.6. The summed E-state index contributed by atoms with van der Waals surface area (Å²) >= 11 is 5.57. The lowest BCUT2D eigenvalue weighted by Crippen LogP contribution is -2.37. The highest BCUT2D eigenvalue weighted by molar-refractivity contribution is 6.17. The van der Waals surface area contributed by atoms with Crippen molar-refractivity contribution in [3.8, 4) is 0 Å². The second-order valence-corrected chi connectivity index (χ2v) is 3.54. The maximum absolute atomic E-state index is 11.6. The number of aromatic nitrogens is 2. The van der Waals surface area contributed by atoms with Crippen molar-refractivity contribution < 1.29 is 4.79 Å². The number of nitrogens with one attached hydrogen (secondary N) is 1. The first-order valence-electron chi connectivity index (χ1n) is 4.68. The van der Waals surface area contributed by atoms with E-state index in [-0.39, 0.29) is 12.1 Å². The van der Waals surface area contributed by atoms with Gasteiger partial charge in [0.15, 0.2) is 0 Å². The van der Waals surface area contributed by atoms with Gasteiger partial charge in [-0.2, -0.15) is 0 Å². The molecule has 3 N–H and O–H groups in total. The molecule has 0 radical (unpaired) electrons. The van der Waals surface area contributed by atoms with E-state index in [0.717, 1.165) is 0 Å². The molecule has 0 unspecified atom stereocenters. The third-order valence-corrected chi connectivity index (χ3v) is 2.16. The van der Waals surface area contributed by atoms with Crippen LogP contribution in [0.1, 0.15) is 5.69 Å². The van der Waals surface area contributed by atoms with Crippen LogP contribution in [-0.2, 0) is 17.8 Å². The Morgan fingerprint density at radius 3 is 2.88 bits per heavy atom. The fourth-order valence-electron chi connectivity index (χ4n) is 1.35. The van der Waals surface area contributed by atoms with Crippen molar-refractivity contribution >= 4 is 17.5 Å². The molecule has 0 fully saturated rings. The van der Waals surface area contributed by atoms with Gasteiger partial charge in [-0.3, -0.25) is 14.4 Å². The Balaban J connectivity index is 3.27. The Kier molecular flexibility index (Phi) is 4.30. The Bertz CT molecular complexity index is 503. The number of alkyl halides is 1. The van der Waals surface area contributed by atoms with Crippen molar-refractivity contribution in [2.45, 2.75) is 13.0 Å². The molecule has 0 spiro atoms. The molecular formula is C9H13ClN4O2. The zero-order valence-corrected chi connectivity index (χ0v) is 9.62. The average molecular weight is 245 g/mol. The Morgan fingerprint density at radius 2 is 2.38 bits per heavy atom. The van der Waals surface area contributed by atoms with E-state index in [4.69, 9.17) is 17.3 Å². The van der Waals surface area contributed by atoms with Gasteiger partial charge in [-0.05, 0) is 0 Å². The summed E-state index contributed by atoms with van der Waals surface area (Å²) in [6, 6.07) is 1.61. The predicted molar refractivity (Wildman–Crippen MR) is 60.2 cm³/mol. The third-order valence-electron chi connectivity index (χ3n) is 1.99. The summed E-state index contributed by atoms with van der Waals surface area (Å²) in [5.74, 6) is -0.196. The highest BCUT2D eigenvalue weighted by Crippen LogP contribution is 1.88. The molecule has 0 aliphatic rings. The summed E-state index contributed by atoms with van der Waals surface area (Å²) in [6.45, 7) is 0.362. The number of H-pyrrole nitrogens is 1. The smallest absolute Gasteiger partial charge is 0.327 e. The molecule has 7 heteroatoms. The number of rotatable bonds is 4. The van der Waals surface area contributed by atoms with Gasteiger partial charge < -0.3 is 10.7 Å². The molecule has 1 amide bonds. The number of aromatic amines is 1. The molecule has 1 rings (SSSR count). The molecule has 0 aromatic carbocycles. The standard InChI is InChI=1S/C9H13ClN4O2/c1-12-8-5-6(4-7(11)15)13-9(16)14(8)3-2-10/h5H,2-4H2,1H3,(H2,11,15)(H,13,16)/b12-8+. The van der Waals surface area contributed by atoms with Crippen LogP contribution in [0.4, 0.5) is 0 Å². The molecule has 0 saturated heterocycles. The predicted octanol–water partition coefficient (Wildman–Crippen LogP) is -1.03. The lowest BCUT2D eigenvalue weighted by molar-refractivity contribution is -0.117. The minimum absolute atomic E-state index is 0.0144. The molecule has 6 nitrogen and oxygen atoms in total. The number of carbonyl (C=O) groups is 1. The second-order valence-electron chi connectivity index (χ2n) is 3.17. The lowest BCUT2D eigenvalue weighted by atomic mass is 10.3.